The second kappa shape index (κ2) is 11.2. The molecule has 0 unspecified atom stereocenters. The highest BCUT2D eigenvalue weighted by molar-refractivity contribution is 6.04. The molecule has 0 aliphatic heterocycles. The van der Waals surface area contributed by atoms with Crippen molar-refractivity contribution in [3.05, 3.63) is 70.7 Å². The number of benzene rings is 1. The van der Waals surface area contributed by atoms with Crippen molar-refractivity contribution in [2.45, 2.75) is 20.5 Å². The molecular weight excluding hydrogens is 498 g/mol. The molecule has 10 heteroatoms. The van der Waals surface area contributed by atoms with E-state index >= 15 is 0 Å². The van der Waals surface area contributed by atoms with Gasteiger partial charge < -0.3 is 18.9 Å². The Bertz CT molecular complexity index is 1710. The van der Waals surface area contributed by atoms with E-state index in [1.807, 2.05) is 44.2 Å². The van der Waals surface area contributed by atoms with Crippen molar-refractivity contribution in [3.8, 4) is 28.4 Å². The van der Waals surface area contributed by atoms with Crippen LogP contribution in [0.2, 0.25) is 0 Å². The summed E-state index contributed by atoms with van der Waals surface area (Å²) < 4.78 is 25.1. The van der Waals surface area contributed by atoms with Gasteiger partial charge in [0.05, 0.1) is 53.9 Å². The zero-order valence-electron chi connectivity index (χ0n) is 22.7. The zero-order chi connectivity index (χ0) is 27.5. The number of imidazole rings is 1. The molecule has 0 aliphatic carbocycles. The van der Waals surface area contributed by atoms with Crippen molar-refractivity contribution in [2.24, 2.45) is 7.05 Å². The van der Waals surface area contributed by atoms with Crippen molar-refractivity contribution in [1.82, 2.24) is 24.1 Å². The first-order valence-corrected chi connectivity index (χ1v) is 12.7. The lowest BCUT2D eigenvalue weighted by atomic mass is 10.0. The molecule has 39 heavy (non-hydrogen) atoms. The summed E-state index contributed by atoms with van der Waals surface area (Å²) in [4.78, 5) is 27.3. The number of hydrogen-bond acceptors (Lipinski definition) is 8. The van der Waals surface area contributed by atoms with E-state index in [9.17, 15) is 4.79 Å². The van der Waals surface area contributed by atoms with Gasteiger partial charge >= 0.3 is 5.69 Å². The van der Waals surface area contributed by atoms with Crippen LogP contribution in [-0.2, 0) is 23.1 Å². The Morgan fingerprint density at radius 2 is 1.77 bits per heavy atom. The fourth-order valence-electron chi connectivity index (χ4n) is 4.63. The monoisotopic (exact) mass is 529 g/mol. The number of aryl methyl sites for hydroxylation is 2. The summed E-state index contributed by atoms with van der Waals surface area (Å²) >= 11 is 0. The summed E-state index contributed by atoms with van der Waals surface area (Å²) in [5.41, 5.74) is 5.94. The maximum atomic E-state index is 13.5. The molecular formula is C29H31N5O5. The van der Waals surface area contributed by atoms with Gasteiger partial charge in [0.1, 0.15) is 18.1 Å². The fraction of sp³-hybridized carbons (Fsp3) is 0.310. The second-order valence-corrected chi connectivity index (χ2v) is 9.03. The Morgan fingerprint density at radius 1 is 0.923 bits per heavy atom. The summed E-state index contributed by atoms with van der Waals surface area (Å²) in [6, 6.07) is 11.6. The molecule has 0 fully saturated rings. The van der Waals surface area contributed by atoms with Crippen molar-refractivity contribution >= 4 is 21.9 Å². The quantitative estimate of drug-likeness (QED) is 0.248. The Morgan fingerprint density at radius 3 is 2.51 bits per heavy atom. The zero-order valence-corrected chi connectivity index (χ0v) is 22.7. The van der Waals surface area contributed by atoms with Crippen LogP contribution in [-0.4, -0.2) is 58.1 Å². The third kappa shape index (κ3) is 4.96. The van der Waals surface area contributed by atoms with Gasteiger partial charge in [-0.2, -0.15) is 0 Å². The SMILES string of the molecule is CCOc1cc(-c2ccc3ncc4c(c3c2)n(-c2ccc(OCCOC)nc2C)c(=O)n4C)cnc1COC. The number of hydrogen-bond donors (Lipinski definition) is 0. The van der Waals surface area contributed by atoms with Crippen molar-refractivity contribution in [1.29, 1.82) is 0 Å². The summed E-state index contributed by atoms with van der Waals surface area (Å²) in [5, 5.41) is 0.835. The standard InChI is InChI=1S/C29H31N5O5/c1-6-38-26-14-20(15-30-23(26)17-37-5)19-7-8-22-21(13-19)28-25(16-31-22)33(3)29(35)34(28)24-9-10-27(32-18(24)2)39-12-11-36-4/h7-10,13-16H,6,11-12,17H2,1-5H3. The van der Waals surface area contributed by atoms with Crippen LogP contribution in [0.1, 0.15) is 18.3 Å². The number of methoxy groups -OCH3 is 2. The number of fused-ring (bicyclic) bond motifs is 3. The first kappa shape index (κ1) is 26.3. The minimum absolute atomic E-state index is 0.188. The summed E-state index contributed by atoms with van der Waals surface area (Å²) in [6.45, 7) is 5.53. The van der Waals surface area contributed by atoms with Gasteiger partial charge in [-0.25, -0.2) is 9.78 Å². The molecule has 0 spiro atoms. The van der Waals surface area contributed by atoms with Crippen LogP contribution < -0.4 is 15.2 Å². The Kier molecular flexibility index (Phi) is 7.58. The number of aromatic nitrogens is 5. The summed E-state index contributed by atoms with van der Waals surface area (Å²) in [7, 11) is 5.00. The average molecular weight is 530 g/mol. The topological polar surface area (TPSA) is 103 Å². The van der Waals surface area contributed by atoms with Crippen molar-refractivity contribution in [3.63, 3.8) is 0 Å². The van der Waals surface area contributed by atoms with Gasteiger partial charge in [-0.05, 0) is 43.7 Å². The van der Waals surface area contributed by atoms with Gasteiger partial charge in [0.2, 0.25) is 5.88 Å². The lowest BCUT2D eigenvalue weighted by Crippen LogP contribution is -2.21. The molecule has 10 nitrogen and oxygen atoms in total. The normalized spacial score (nSPS) is 11.4. The largest absolute Gasteiger partial charge is 0.492 e. The van der Waals surface area contributed by atoms with Crippen LogP contribution >= 0.6 is 0 Å². The minimum Gasteiger partial charge on any atom is -0.492 e. The summed E-state index contributed by atoms with van der Waals surface area (Å²) in [5.74, 6) is 1.16. The molecule has 1 aromatic carbocycles. The van der Waals surface area contributed by atoms with Gasteiger partial charge in [-0.15, -0.1) is 0 Å². The van der Waals surface area contributed by atoms with Gasteiger partial charge in [0, 0.05) is 44.5 Å². The number of ether oxygens (including phenoxy) is 4. The minimum atomic E-state index is -0.188. The maximum absolute atomic E-state index is 13.5. The van der Waals surface area contributed by atoms with Gasteiger partial charge in [0.25, 0.3) is 0 Å². The van der Waals surface area contributed by atoms with Crippen LogP contribution in [0.3, 0.4) is 0 Å². The van der Waals surface area contributed by atoms with Gasteiger partial charge in [0.15, 0.2) is 0 Å². The average Bonchev–Trinajstić information content (AvgIpc) is 3.20. The molecule has 5 aromatic rings. The molecule has 0 radical (unpaired) electrons. The Labute approximate surface area is 225 Å². The lowest BCUT2D eigenvalue weighted by molar-refractivity contribution is 0.143. The molecule has 0 N–H and O–H groups in total. The van der Waals surface area contributed by atoms with E-state index in [0.717, 1.165) is 33.2 Å². The van der Waals surface area contributed by atoms with E-state index in [2.05, 4.69) is 15.0 Å². The third-order valence-electron chi connectivity index (χ3n) is 6.54. The molecule has 0 saturated carbocycles. The molecule has 0 amide bonds. The van der Waals surface area contributed by atoms with Crippen LogP contribution in [0.4, 0.5) is 0 Å². The van der Waals surface area contributed by atoms with E-state index in [0.29, 0.717) is 55.0 Å². The first-order valence-electron chi connectivity index (χ1n) is 12.7. The van der Waals surface area contributed by atoms with E-state index in [4.69, 9.17) is 18.9 Å². The van der Waals surface area contributed by atoms with E-state index in [1.165, 1.54) is 0 Å². The molecule has 202 valence electrons. The highest BCUT2D eigenvalue weighted by Crippen LogP contribution is 2.32. The molecule has 0 atom stereocenters. The molecule has 4 heterocycles. The number of nitrogens with zero attached hydrogens (tertiary/aromatic N) is 5. The molecule has 0 aliphatic rings. The Hall–Kier alpha value is -4.28. The molecule has 0 bridgehead atoms. The fourth-order valence-corrected chi connectivity index (χ4v) is 4.63. The predicted molar refractivity (Wildman–Crippen MR) is 149 cm³/mol. The van der Waals surface area contributed by atoms with Crippen LogP contribution in [0.25, 0.3) is 38.8 Å². The third-order valence-corrected chi connectivity index (χ3v) is 6.54. The van der Waals surface area contributed by atoms with Crippen LogP contribution in [0.15, 0.2) is 53.6 Å². The highest BCUT2D eigenvalue weighted by atomic mass is 16.5. The van der Waals surface area contributed by atoms with Crippen molar-refractivity contribution in [2.75, 3.05) is 34.0 Å². The van der Waals surface area contributed by atoms with Crippen LogP contribution in [0, 0.1) is 6.92 Å². The molecule has 4 aromatic heterocycles. The van der Waals surface area contributed by atoms with Gasteiger partial charge in [-0.3, -0.25) is 19.1 Å². The lowest BCUT2D eigenvalue weighted by Gasteiger charge is -2.13. The smallest absolute Gasteiger partial charge is 0.333 e. The van der Waals surface area contributed by atoms with E-state index in [-0.39, 0.29) is 5.69 Å². The maximum Gasteiger partial charge on any atom is 0.333 e. The number of rotatable bonds is 10. The van der Waals surface area contributed by atoms with Crippen LogP contribution in [0.5, 0.6) is 11.6 Å². The predicted octanol–water partition coefficient (Wildman–Crippen LogP) is 4.21. The highest BCUT2D eigenvalue weighted by Gasteiger charge is 2.19. The Balaban J connectivity index is 1.68. The molecule has 0 saturated heterocycles. The van der Waals surface area contributed by atoms with Gasteiger partial charge in [-0.1, -0.05) is 6.07 Å². The first-order chi connectivity index (χ1) is 19.0. The summed E-state index contributed by atoms with van der Waals surface area (Å²) in [6.07, 6.45) is 3.54. The van der Waals surface area contributed by atoms with E-state index in [1.54, 1.807) is 48.9 Å². The van der Waals surface area contributed by atoms with Crippen molar-refractivity contribution < 1.29 is 18.9 Å². The second-order valence-electron chi connectivity index (χ2n) is 9.03. The van der Waals surface area contributed by atoms with E-state index < -0.39 is 0 Å². The molecule has 5 rings (SSSR count). The number of pyridine rings is 3.